The van der Waals surface area contributed by atoms with Crippen molar-refractivity contribution in [2.45, 2.75) is 6.42 Å². The molecule has 2 heteroatoms. The second-order valence-corrected chi connectivity index (χ2v) is 5.70. The largest absolute Gasteiger partial charge is 0.308 e. The third kappa shape index (κ3) is 2.90. The lowest BCUT2D eigenvalue weighted by Gasteiger charge is -2.18. The van der Waals surface area contributed by atoms with Crippen LogP contribution in [-0.2, 0) is 0 Å². The minimum atomic E-state index is 0.633. The molecule has 0 spiro atoms. The molecule has 0 aromatic carbocycles. The van der Waals surface area contributed by atoms with Crippen molar-refractivity contribution in [3.63, 3.8) is 0 Å². The fraction of sp³-hybridized carbons (Fsp3) is 0.385. The van der Waals surface area contributed by atoms with E-state index in [-0.39, 0.29) is 0 Å². The van der Waals surface area contributed by atoms with Crippen LogP contribution in [0.2, 0.25) is 0 Å². The summed E-state index contributed by atoms with van der Waals surface area (Å²) >= 11 is 0. The Morgan fingerprint density at radius 2 is 2.33 bits per heavy atom. The van der Waals surface area contributed by atoms with Crippen LogP contribution in [0, 0.1) is 5.92 Å². The Hall–Kier alpha value is -0.650. The highest BCUT2D eigenvalue weighted by Gasteiger charge is 2.16. The van der Waals surface area contributed by atoms with E-state index in [1.54, 1.807) is 5.31 Å². The van der Waals surface area contributed by atoms with Crippen LogP contribution in [0.4, 0.5) is 0 Å². The Balaban J connectivity index is 1.94. The normalized spacial score (nSPS) is 24.6. The number of rotatable bonds is 4. The number of hydrogen-bond donors (Lipinski definition) is 0. The van der Waals surface area contributed by atoms with Gasteiger partial charge >= 0.3 is 0 Å². The molecule has 2 aliphatic rings. The van der Waals surface area contributed by atoms with Gasteiger partial charge in [-0.05, 0) is 31.1 Å². The summed E-state index contributed by atoms with van der Waals surface area (Å²) in [6.45, 7) is 1.13. The third-order valence-electron chi connectivity index (χ3n) is 2.64. The molecule has 0 saturated carbocycles. The molecule has 0 N–H and O–H groups in total. The Bertz CT molecular complexity index is 348. The van der Waals surface area contributed by atoms with Gasteiger partial charge in [-0.3, -0.25) is 0 Å². The molecule has 1 unspecified atom stereocenters. The van der Waals surface area contributed by atoms with Gasteiger partial charge in [-0.25, -0.2) is 0 Å². The predicted octanol–water partition coefficient (Wildman–Crippen LogP) is 3.14. The van der Waals surface area contributed by atoms with Gasteiger partial charge in [0.2, 0.25) is 0 Å². The second-order valence-electron chi connectivity index (χ2n) is 4.30. The lowest BCUT2D eigenvalue weighted by atomic mass is 10.1. The van der Waals surface area contributed by atoms with Crippen LogP contribution in [0.3, 0.4) is 0 Å². The molecule has 0 radical (unpaired) electrons. The first kappa shape index (κ1) is 10.9. The van der Waals surface area contributed by atoms with E-state index in [2.05, 4.69) is 55.5 Å². The zero-order valence-corrected chi connectivity index (χ0v) is 10.4. The number of allylic oxidation sites excluding steroid dienone is 6. The van der Waals surface area contributed by atoms with Crippen LogP contribution in [0.5, 0.6) is 0 Å². The van der Waals surface area contributed by atoms with Crippen LogP contribution >= 0.6 is 8.58 Å². The predicted molar refractivity (Wildman–Crippen MR) is 69.4 cm³/mol. The van der Waals surface area contributed by atoms with Crippen LogP contribution < -0.4 is 0 Å². The van der Waals surface area contributed by atoms with Gasteiger partial charge in [-0.1, -0.05) is 45.0 Å². The maximum Gasteiger partial charge on any atom is 0.0154 e. The Morgan fingerprint density at radius 3 is 3.00 bits per heavy atom. The molecular formula is C13H18NP. The van der Waals surface area contributed by atoms with Crippen molar-refractivity contribution in [2.75, 3.05) is 20.6 Å². The minimum Gasteiger partial charge on any atom is -0.308 e. The summed E-state index contributed by atoms with van der Waals surface area (Å²) in [5.41, 5.74) is 0. The van der Waals surface area contributed by atoms with E-state index in [0.717, 1.165) is 21.5 Å². The van der Waals surface area contributed by atoms with Gasteiger partial charge in [-0.2, -0.15) is 0 Å². The van der Waals surface area contributed by atoms with Crippen molar-refractivity contribution in [1.29, 1.82) is 0 Å². The molecule has 80 valence electrons. The van der Waals surface area contributed by atoms with E-state index in [1.807, 2.05) is 0 Å². The Kier molecular flexibility index (Phi) is 3.56. The highest BCUT2D eigenvalue weighted by molar-refractivity contribution is 7.48. The van der Waals surface area contributed by atoms with Crippen molar-refractivity contribution in [1.82, 2.24) is 4.90 Å². The highest BCUT2D eigenvalue weighted by Crippen LogP contribution is 2.42. The van der Waals surface area contributed by atoms with E-state index in [4.69, 9.17) is 0 Å². The fourth-order valence-corrected chi connectivity index (χ4v) is 3.23. The molecule has 15 heavy (non-hydrogen) atoms. The smallest absolute Gasteiger partial charge is 0.0154 e. The maximum atomic E-state index is 2.34. The maximum absolute atomic E-state index is 2.34. The fourth-order valence-electron chi connectivity index (χ4n) is 1.92. The average Bonchev–Trinajstić information content (AvgIpc) is 2.78. The van der Waals surface area contributed by atoms with Gasteiger partial charge in [0.25, 0.3) is 0 Å². The van der Waals surface area contributed by atoms with Crippen molar-refractivity contribution < 1.29 is 0 Å². The first-order valence-electron chi connectivity index (χ1n) is 5.42. The Morgan fingerprint density at radius 1 is 1.47 bits per heavy atom. The lowest BCUT2D eigenvalue weighted by molar-refractivity contribution is 0.385. The summed E-state index contributed by atoms with van der Waals surface area (Å²) < 4.78 is 0. The summed E-state index contributed by atoms with van der Waals surface area (Å²) in [6, 6.07) is 0. The van der Waals surface area contributed by atoms with Gasteiger partial charge < -0.3 is 4.90 Å². The van der Waals surface area contributed by atoms with Crippen molar-refractivity contribution in [2.24, 2.45) is 5.92 Å². The summed E-state index contributed by atoms with van der Waals surface area (Å²) in [5, 5.41) is 3.09. The zero-order valence-electron chi connectivity index (χ0n) is 9.40. The number of hydrogen-bond acceptors (Lipinski definition) is 1. The molecule has 2 rings (SSSR count). The van der Waals surface area contributed by atoms with E-state index in [0.29, 0.717) is 5.92 Å². The number of nitrogens with zero attached hydrogens (tertiary/aromatic N) is 1. The average molecular weight is 219 g/mol. The molecule has 0 amide bonds. The second kappa shape index (κ2) is 4.92. The summed E-state index contributed by atoms with van der Waals surface area (Å²) in [7, 11) is 5.15. The SMILES string of the molecule is CN(C)C[C@@H]1C=CC=C1PC1=CCC=C1. The quantitative estimate of drug-likeness (QED) is 0.656. The molecule has 0 fully saturated rings. The first-order chi connectivity index (χ1) is 7.25. The van der Waals surface area contributed by atoms with Crippen molar-refractivity contribution in [3.8, 4) is 0 Å². The Labute approximate surface area is 94.0 Å². The summed E-state index contributed by atoms with van der Waals surface area (Å²) in [6.07, 6.45) is 14.8. The van der Waals surface area contributed by atoms with Crippen LogP contribution in [0.15, 0.2) is 47.1 Å². The summed E-state index contributed by atoms with van der Waals surface area (Å²) in [5.74, 6) is 0.633. The third-order valence-corrected chi connectivity index (χ3v) is 4.13. The molecule has 0 heterocycles. The van der Waals surface area contributed by atoms with E-state index in [9.17, 15) is 0 Å². The van der Waals surface area contributed by atoms with Crippen molar-refractivity contribution >= 4 is 8.58 Å². The van der Waals surface area contributed by atoms with E-state index in [1.165, 1.54) is 5.31 Å². The molecule has 1 nitrogen and oxygen atoms in total. The highest BCUT2D eigenvalue weighted by atomic mass is 31.1. The van der Waals surface area contributed by atoms with Crippen LogP contribution in [-0.4, -0.2) is 25.5 Å². The molecule has 0 saturated heterocycles. The van der Waals surface area contributed by atoms with Crippen LogP contribution in [0.25, 0.3) is 0 Å². The van der Waals surface area contributed by atoms with Crippen LogP contribution in [0.1, 0.15) is 6.42 Å². The molecule has 2 atom stereocenters. The van der Waals surface area contributed by atoms with E-state index >= 15 is 0 Å². The standard InChI is InChI=1S/C13H18NP/c1-14(2)10-11-6-5-9-13(11)15-12-7-3-4-8-12/h3,5-9,11,15H,4,10H2,1-2H3/t11-/m0/s1. The van der Waals surface area contributed by atoms with Gasteiger partial charge in [0.1, 0.15) is 0 Å². The molecule has 0 aromatic heterocycles. The topological polar surface area (TPSA) is 3.24 Å². The van der Waals surface area contributed by atoms with Crippen molar-refractivity contribution in [3.05, 3.63) is 47.1 Å². The van der Waals surface area contributed by atoms with Gasteiger partial charge in [-0.15, -0.1) is 0 Å². The lowest BCUT2D eigenvalue weighted by Crippen LogP contribution is -2.19. The van der Waals surface area contributed by atoms with Gasteiger partial charge in [0, 0.05) is 12.5 Å². The molecular weight excluding hydrogens is 201 g/mol. The minimum absolute atomic E-state index is 0.633. The van der Waals surface area contributed by atoms with Gasteiger partial charge in [0.15, 0.2) is 0 Å². The molecule has 0 aliphatic heterocycles. The first-order valence-corrected chi connectivity index (χ1v) is 6.42. The molecule has 0 bridgehead atoms. The van der Waals surface area contributed by atoms with E-state index < -0.39 is 0 Å². The molecule has 0 aromatic rings. The zero-order chi connectivity index (χ0) is 10.7. The molecule has 2 aliphatic carbocycles. The summed E-state index contributed by atoms with van der Waals surface area (Å²) in [4.78, 5) is 2.26. The monoisotopic (exact) mass is 219 g/mol. The van der Waals surface area contributed by atoms with Gasteiger partial charge in [0.05, 0.1) is 0 Å².